The summed E-state index contributed by atoms with van der Waals surface area (Å²) in [5.74, 6) is -2.13. The smallest absolute Gasteiger partial charge is 0.270 e. The number of benzene rings is 2. The number of non-ortho nitro benzene ring substituents is 1. The number of carbonyl (C=O) groups excluding carboxylic acids is 4. The van der Waals surface area contributed by atoms with Crippen molar-refractivity contribution in [3.63, 3.8) is 0 Å². The zero-order valence-electron chi connectivity index (χ0n) is 16.9. The molecule has 160 valence electrons. The van der Waals surface area contributed by atoms with Crippen LogP contribution in [0.15, 0.2) is 42.5 Å². The maximum absolute atomic E-state index is 12.5. The molecular formula is C21H20N4O6. The molecule has 1 aliphatic rings. The van der Waals surface area contributed by atoms with Crippen molar-refractivity contribution in [1.29, 1.82) is 0 Å². The molecular weight excluding hydrogens is 404 g/mol. The summed E-state index contributed by atoms with van der Waals surface area (Å²) in [5.41, 5.74) is 0.253. The molecule has 0 unspecified atom stereocenters. The molecule has 0 spiro atoms. The van der Waals surface area contributed by atoms with Crippen LogP contribution in [-0.4, -0.2) is 46.5 Å². The Bertz CT molecular complexity index is 1100. The number of nitro benzene ring substituents is 1. The number of imide groups is 1. The van der Waals surface area contributed by atoms with Crippen molar-refractivity contribution in [2.75, 3.05) is 18.4 Å². The molecule has 2 aromatic rings. The molecule has 0 aliphatic carbocycles. The van der Waals surface area contributed by atoms with Crippen LogP contribution in [0.5, 0.6) is 0 Å². The van der Waals surface area contributed by atoms with Crippen molar-refractivity contribution in [1.82, 2.24) is 10.2 Å². The fourth-order valence-electron chi connectivity index (χ4n) is 3.02. The lowest BCUT2D eigenvalue weighted by Crippen LogP contribution is -2.37. The van der Waals surface area contributed by atoms with E-state index >= 15 is 0 Å². The number of nitro groups is 1. The van der Waals surface area contributed by atoms with Gasteiger partial charge in [-0.15, -0.1) is 0 Å². The molecule has 0 atom stereocenters. The van der Waals surface area contributed by atoms with Crippen molar-refractivity contribution in [3.05, 3.63) is 69.3 Å². The van der Waals surface area contributed by atoms with Crippen LogP contribution in [0.25, 0.3) is 0 Å². The van der Waals surface area contributed by atoms with E-state index in [1.807, 2.05) is 13.8 Å². The average molecular weight is 424 g/mol. The number of hydrogen-bond acceptors (Lipinski definition) is 6. The van der Waals surface area contributed by atoms with Crippen LogP contribution >= 0.6 is 0 Å². The molecule has 1 heterocycles. The largest absolute Gasteiger partial charge is 0.352 e. The quantitative estimate of drug-likeness (QED) is 0.397. The highest BCUT2D eigenvalue weighted by Crippen LogP contribution is 2.26. The summed E-state index contributed by atoms with van der Waals surface area (Å²) in [4.78, 5) is 60.5. The van der Waals surface area contributed by atoms with E-state index in [1.165, 1.54) is 12.1 Å². The van der Waals surface area contributed by atoms with E-state index in [1.54, 1.807) is 18.2 Å². The summed E-state index contributed by atoms with van der Waals surface area (Å²) in [5, 5.41) is 16.2. The molecule has 0 saturated carbocycles. The van der Waals surface area contributed by atoms with Gasteiger partial charge in [0, 0.05) is 29.9 Å². The Hall–Kier alpha value is -4.08. The van der Waals surface area contributed by atoms with E-state index in [0.717, 1.165) is 17.0 Å². The number of nitrogens with zero attached hydrogens (tertiary/aromatic N) is 2. The van der Waals surface area contributed by atoms with Gasteiger partial charge in [-0.25, -0.2) is 0 Å². The molecule has 0 bridgehead atoms. The van der Waals surface area contributed by atoms with Crippen molar-refractivity contribution >= 4 is 35.0 Å². The van der Waals surface area contributed by atoms with Crippen LogP contribution in [0.4, 0.5) is 11.4 Å². The minimum Gasteiger partial charge on any atom is -0.352 e. The lowest BCUT2D eigenvalue weighted by atomic mass is 10.1. The first-order chi connectivity index (χ1) is 14.7. The van der Waals surface area contributed by atoms with Gasteiger partial charge in [0.25, 0.3) is 23.4 Å². The van der Waals surface area contributed by atoms with Gasteiger partial charge in [0.1, 0.15) is 6.54 Å². The first-order valence-corrected chi connectivity index (χ1v) is 9.50. The molecule has 1 aliphatic heterocycles. The predicted octanol–water partition coefficient (Wildman–Crippen LogP) is 2.22. The summed E-state index contributed by atoms with van der Waals surface area (Å²) >= 11 is 0. The number of carbonyl (C=O) groups is 4. The van der Waals surface area contributed by atoms with Crippen LogP contribution in [0.1, 0.15) is 44.9 Å². The van der Waals surface area contributed by atoms with Gasteiger partial charge < -0.3 is 10.6 Å². The second-order valence-electron chi connectivity index (χ2n) is 7.42. The topological polar surface area (TPSA) is 139 Å². The lowest BCUT2D eigenvalue weighted by Gasteiger charge is -2.14. The number of anilines is 1. The second-order valence-corrected chi connectivity index (χ2v) is 7.42. The summed E-state index contributed by atoms with van der Waals surface area (Å²) < 4.78 is 0. The molecule has 2 N–H and O–H groups in total. The molecule has 3 rings (SSSR count). The standard InChI is InChI=1S/C21H20N4O6/c1-12(2)10-22-19(27)13-4-3-5-14(8-13)23-18(26)11-24-20(28)16-7-6-15(25(30)31)9-17(16)21(24)29/h3-9,12H,10-11H2,1-2H3,(H,22,27)(H,23,26). The van der Waals surface area contributed by atoms with E-state index in [-0.39, 0.29) is 28.6 Å². The van der Waals surface area contributed by atoms with E-state index in [4.69, 9.17) is 0 Å². The van der Waals surface area contributed by atoms with E-state index < -0.39 is 29.2 Å². The highest BCUT2D eigenvalue weighted by molar-refractivity contribution is 6.23. The monoisotopic (exact) mass is 424 g/mol. The number of nitrogens with one attached hydrogen (secondary N) is 2. The Morgan fingerprint density at radius 3 is 2.45 bits per heavy atom. The second kappa shape index (κ2) is 8.74. The van der Waals surface area contributed by atoms with Gasteiger partial charge in [-0.1, -0.05) is 19.9 Å². The average Bonchev–Trinajstić information content (AvgIpc) is 2.96. The van der Waals surface area contributed by atoms with Crippen molar-refractivity contribution < 1.29 is 24.1 Å². The molecule has 0 saturated heterocycles. The van der Waals surface area contributed by atoms with Gasteiger partial charge in [0.05, 0.1) is 16.1 Å². The number of rotatable bonds is 7. The molecule has 0 aromatic heterocycles. The summed E-state index contributed by atoms with van der Waals surface area (Å²) in [7, 11) is 0. The van der Waals surface area contributed by atoms with Gasteiger partial charge >= 0.3 is 0 Å². The van der Waals surface area contributed by atoms with E-state index in [9.17, 15) is 29.3 Å². The zero-order valence-corrected chi connectivity index (χ0v) is 16.9. The predicted molar refractivity (Wildman–Crippen MR) is 111 cm³/mol. The maximum Gasteiger partial charge on any atom is 0.270 e. The Kier molecular flexibility index (Phi) is 6.10. The highest BCUT2D eigenvalue weighted by Gasteiger charge is 2.37. The van der Waals surface area contributed by atoms with Gasteiger partial charge in [-0.3, -0.25) is 34.2 Å². The van der Waals surface area contributed by atoms with Crippen molar-refractivity contribution in [3.8, 4) is 0 Å². The van der Waals surface area contributed by atoms with E-state index in [0.29, 0.717) is 17.8 Å². The number of amides is 4. The van der Waals surface area contributed by atoms with Crippen LogP contribution in [0.2, 0.25) is 0 Å². The molecule has 4 amide bonds. The molecule has 31 heavy (non-hydrogen) atoms. The van der Waals surface area contributed by atoms with Crippen LogP contribution in [-0.2, 0) is 4.79 Å². The van der Waals surface area contributed by atoms with Crippen molar-refractivity contribution in [2.24, 2.45) is 5.92 Å². The van der Waals surface area contributed by atoms with Crippen molar-refractivity contribution in [2.45, 2.75) is 13.8 Å². The molecule has 10 nitrogen and oxygen atoms in total. The van der Waals surface area contributed by atoms with Gasteiger partial charge in [-0.2, -0.15) is 0 Å². The third kappa shape index (κ3) is 4.74. The van der Waals surface area contributed by atoms with Crippen LogP contribution in [0, 0.1) is 16.0 Å². The Labute approximate surface area is 177 Å². The normalized spacial score (nSPS) is 12.7. The lowest BCUT2D eigenvalue weighted by molar-refractivity contribution is -0.384. The SMILES string of the molecule is CC(C)CNC(=O)c1cccc(NC(=O)CN2C(=O)c3ccc([N+](=O)[O-])cc3C2=O)c1. The third-order valence-corrected chi connectivity index (χ3v) is 4.55. The summed E-state index contributed by atoms with van der Waals surface area (Å²) in [6.45, 7) is 3.87. The first-order valence-electron chi connectivity index (χ1n) is 9.50. The Morgan fingerprint density at radius 1 is 1.06 bits per heavy atom. The zero-order chi connectivity index (χ0) is 22.7. The minimum atomic E-state index is -0.777. The Morgan fingerprint density at radius 2 is 1.77 bits per heavy atom. The summed E-state index contributed by atoms with van der Waals surface area (Å²) in [6.07, 6.45) is 0. The van der Waals surface area contributed by atoms with E-state index in [2.05, 4.69) is 10.6 Å². The minimum absolute atomic E-state index is 0.00669. The Balaban J connectivity index is 1.68. The number of hydrogen-bond donors (Lipinski definition) is 2. The summed E-state index contributed by atoms with van der Waals surface area (Å²) in [6, 6.07) is 9.60. The van der Waals surface area contributed by atoms with Gasteiger partial charge in [0.2, 0.25) is 5.91 Å². The third-order valence-electron chi connectivity index (χ3n) is 4.55. The fourth-order valence-corrected chi connectivity index (χ4v) is 3.02. The molecule has 10 heteroatoms. The van der Waals surface area contributed by atoms with Gasteiger partial charge in [0.15, 0.2) is 0 Å². The molecule has 2 aromatic carbocycles. The fraction of sp³-hybridized carbons (Fsp3) is 0.238. The van der Waals surface area contributed by atoms with Gasteiger partial charge in [-0.05, 0) is 30.2 Å². The van der Waals surface area contributed by atoms with Crippen LogP contribution < -0.4 is 10.6 Å². The molecule has 0 radical (unpaired) electrons. The highest BCUT2D eigenvalue weighted by atomic mass is 16.6. The maximum atomic E-state index is 12.5. The molecule has 0 fully saturated rings. The van der Waals surface area contributed by atoms with Crippen LogP contribution in [0.3, 0.4) is 0 Å². The number of fused-ring (bicyclic) bond motifs is 1. The first kappa shape index (κ1) is 21.6.